The first kappa shape index (κ1) is 10.7. The van der Waals surface area contributed by atoms with Crippen LogP contribution in [0.1, 0.15) is 15.9 Å². The van der Waals surface area contributed by atoms with Crippen LogP contribution in [0.25, 0.3) is 0 Å². The third-order valence-electron chi connectivity index (χ3n) is 1.85. The van der Waals surface area contributed by atoms with Crippen LogP contribution in [0.4, 0.5) is 0 Å². The number of phenols is 1. The van der Waals surface area contributed by atoms with Crippen molar-refractivity contribution in [3.05, 3.63) is 23.3 Å². The monoisotopic (exact) mass is 214 g/mol. The Kier molecular flexibility index (Phi) is 2.62. The van der Waals surface area contributed by atoms with Gasteiger partial charge in [0, 0.05) is 11.8 Å². The average molecular weight is 214 g/mol. The summed E-state index contributed by atoms with van der Waals surface area (Å²) in [5.74, 6) is -0.0838. The number of aromatic hydroxyl groups is 1. The van der Waals surface area contributed by atoms with E-state index in [1.54, 1.807) is 6.92 Å². The number of carbonyl (C=O) groups excluding carboxylic acids is 1. The van der Waals surface area contributed by atoms with Gasteiger partial charge in [0.15, 0.2) is 16.1 Å². The maximum absolute atomic E-state index is 11.2. The number of benzene rings is 1. The van der Waals surface area contributed by atoms with Crippen molar-refractivity contribution in [3.63, 3.8) is 0 Å². The zero-order valence-corrected chi connectivity index (χ0v) is 8.63. The summed E-state index contributed by atoms with van der Waals surface area (Å²) in [6, 6.07) is 2.44. The van der Waals surface area contributed by atoms with E-state index in [4.69, 9.17) is 0 Å². The van der Waals surface area contributed by atoms with Crippen LogP contribution in [0, 0.1) is 6.92 Å². The first-order valence-electron chi connectivity index (χ1n) is 3.85. The van der Waals surface area contributed by atoms with Crippen LogP contribution in [-0.2, 0) is 9.84 Å². The van der Waals surface area contributed by atoms with Gasteiger partial charge >= 0.3 is 0 Å². The van der Waals surface area contributed by atoms with Crippen molar-refractivity contribution in [1.82, 2.24) is 0 Å². The van der Waals surface area contributed by atoms with Crippen molar-refractivity contribution in [2.45, 2.75) is 11.8 Å². The molecule has 0 atom stereocenters. The van der Waals surface area contributed by atoms with Crippen molar-refractivity contribution in [2.24, 2.45) is 0 Å². The van der Waals surface area contributed by atoms with Gasteiger partial charge in [0.25, 0.3) is 0 Å². The summed E-state index contributed by atoms with van der Waals surface area (Å²) in [6.45, 7) is 1.57. The molecule has 0 saturated carbocycles. The molecule has 0 aromatic heterocycles. The summed E-state index contributed by atoms with van der Waals surface area (Å²) >= 11 is 0. The largest absolute Gasteiger partial charge is 0.508 e. The van der Waals surface area contributed by atoms with E-state index in [2.05, 4.69) is 0 Å². The molecule has 76 valence electrons. The lowest BCUT2D eigenvalue weighted by molar-refractivity contribution is 0.112. The molecular weight excluding hydrogens is 204 g/mol. The van der Waals surface area contributed by atoms with Crippen molar-refractivity contribution in [1.29, 1.82) is 0 Å². The van der Waals surface area contributed by atoms with Gasteiger partial charge in [-0.25, -0.2) is 8.42 Å². The van der Waals surface area contributed by atoms with Gasteiger partial charge in [0.1, 0.15) is 5.75 Å². The quantitative estimate of drug-likeness (QED) is 0.743. The number of sulfone groups is 1. The number of hydrogen-bond donors (Lipinski definition) is 1. The molecule has 0 radical (unpaired) electrons. The van der Waals surface area contributed by atoms with E-state index in [-0.39, 0.29) is 16.2 Å². The summed E-state index contributed by atoms with van der Waals surface area (Å²) in [6.07, 6.45) is 1.43. The van der Waals surface area contributed by atoms with E-state index in [0.717, 1.165) is 12.3 Å². The van der Waals surface area contributed by atoms with Gasteiger partial charge in [-0.1, -0.05) is 0 Å². The van der Waals surface area contributed by atoms with Crippen LogP contribution in [0.2, 0.25) is 0 Å². The van der Waals surface area contributed by atoms with E-state index in [0.29, 0.717) is 11.8 Å². The van der Waals surface area contributed by atoms with Crippen LogP contribution in [0.15, 0.2) is 17.0 Å². The maximum atomic E-state index is 11.2. The summed E-state index contributed by atoms with van der Waals surface area (Å²) in [5, 5.41) is 9.27. The molecule has 0 unspecified atom stereocenters. The van der Waals surface area contributed by atoms with E-state index in [9.17, 15) is 18.3 Å². The van der Waals surface area contributed by atoms with Crippen molar-refractivity contribution in [3.8, 4) is 5.75 Å². The zero-order valence-electron chi connectivity index (χ0n) is 7.81. The molecule has 0 heterocycles. The Morgan fingerprint density at radius 2 is 1.93 bits per heavy atom. The molecule has 0 aliphatic rings. The molecule has 0 amide bonds. The summed E-state index contributed by atoms with van der Waals surface area (Å²) in [7, 11) is -3.43. The van der Waals surface area contributed by atoms with Crippen molar-refractivity contribution < 1.29 is 18.3 Å². The predicted octanol–water partition coefficient (Wildman–Crippen LogP) is 0.917. The first-order chi connectivity index (χ1) is 6.36. The highest BCUT2D eigenvalue weighted by molar-refractivity contribution is 7.90. The van der Waals surface area contributed by atoms with E-state index < -0.39 is 9.84 Å². The van der Waals surface area contributed by atoms with E-state index >= 15 is 0 Å². The van der Waals surface area contributed by atoms with Crippen LogP contribution in [-0.4, -0.2) is 26.1 Å². The fourth-order valence-corrected chi connectivity index (χ4v) is 2.03. The molecule has 5 heteroatoms. The van der Waals surface area contributed by atoms with Gasteiger partial charge in [0.2, 0.25) is 0 Å². The van der Waals surface area contributed by atoms with E-state index in [1.165, 1.54) is 6.07 Å². The fourth-order valence-electron chi connectivity index (χ4n) is 1.10. The molecule has 1 N–H and O–H groups in total. The molecule has 1 aromatic carbocycles. The van der Waals surface area contributed by atoms with E-state index in [1.807, 2.05) is 0 Å². The Labute approximate surface area is 82.1 Å². The third-order valence-corrected chi connectivity index (χ3v) is 3.01. The van der Waals surface area contributed by atoms with Crippen LogP contribution in [0.3, 0.4) is 0 Å². The number of phenolic OH excluding ortho intramolecular Hbond substituents is 1. The highest BCUT2D eigenvalue weighted by Gasteiger charge is 2.14. The highest BCUT2D eigenvalue weighted by Crippen LogP contribution is 2.23. The van der Waals surface area contributed by atoms with Gasteiger partial charge in [-0.05, 0) is 24.6 Å². The Balaban J connectivity index is 3.59. The third kappa shape index (κ3) is 1.93. The smallest absolute Gasteiger partial charge is 0.176 e. The Hall–Kier alpha value is -1.36. The Morgan fingerprint density at radius 1 is 1.36 bits per heavy atom. The van der Waals surface area contributed by atoms with Crippen LogP contribution >= 0.6 is 0 Å². The second-order valence-corrected chi connectivity index (χ2v) is 5.05. The number of carbonyl (C=O) groups is 1. The minimum atomic E-state index is -3.43. The molecule has 1 aromatic rings. The van der Waals surface area contributed by atoms with Crippen molar-refractivity contribution >= 4 is 16.1 Å². The number of aryl methyl sites for hydroxylation is 1. The number of hydrogen-bond acceptors (Lipinski definition) is 4. The molecule has 0 fully saturated rings. The second kappa shape index (κ2) is 3.42. The lowest BCUT2D eigenvalue weighted by Gasteiger charge is -2.05. The highest BCUT2D eigenvalue weighted by atomic mass is 32.2. The zero-order chi connectivity index (χ0) is 10.9. The summed E-state index contributed by atoms with van der Waals surface area (Å²) in [4.78, 5) is 10.5. The molecule has 0 saturated heterocycles. The van der Waals surface area contributed by atoms with Crippen LogP contribution < -0.4 is 0 Å². The maximum Gasteiger partial charge on any atom is 0.176 e. The summed E-state index contributed by atoms with van der Waals surface area (Å²) in [5.41, 5.74) is 0.409. The predicted molar refractivity (Wildman–Crippen MR) is 51.3 cm³/mol. The minimum Gasteiger partial charge on any atom is -0.508 e. The van der Waals surface area contributed by atoms with Gasteiger partial charge in [-0.3, -0.25) is 4.79 Å². The molecule has 0 spiro atoms. The standard InChI is InChI=1S/C9H10O4S/c1-6-3-9(14(2,12)13)7(5-10)4-8(6)11/h3-5,11H,1-2H3. The summed E-state index contributed by atoms with van der Waals surface area (Å²) < 4.78 is 22.5. The van der Waals surface area contributed by atoms with Gasteiger partial charge in [-0.2, -0.15) is 0 Å². The van der Waals surface area contributed by atoms with Gasteiger partial charge in [-0.15, -0.1) is 0 Å². The lowest BCUT2D eigenvalue weighted by atomic mass is 10.1. The molecule has 1 rings (SSSR count). The van der Waals surface area contributed by atoms with Gasteiger partial charge in [0.05, 0.1) is 4.90 Å². The van der Waals surface area contributed by atoms with Crippen molar-refractivity contribution in [2.75, 3.05) is 6.26 Å². The SMILES string of the molecule is Cc1cc(S(C)(=O)=O)c(C=O)cc1O. The number of rotatable bonds is 2. The minimum absolute atomic E-state index is 0.0180. The molecule has 0 aliphatic heterocycles. The van der Waals surface area contributed by atoms with Crippen LogP contribution in [0.5, 0.6) is 5.75 Å². The molecule has 4 nitrogen and oxygen atoms in total. The Bertz CT molecular complexity index is 474. The lowest BCUT2D eigenvalue weighted by Crippen LogP contribution is -2.02. The van der Waals surface area contributed by atoms with Gasteiger partial charge < -0.3 is 5.11 Å². The fraction of sp³-hybridized carbons (Fsp3) is 0.222. The topological polar surface area (TPSA) is 71.4 Å². The second-order valence-electron chi connectivity index (χ2n) is 3.07. The molecule has 0 bridgehead atoms. The molecule has 0 aliphatic carbocycles. The average Bonchev–Trinajstić information content (AvgIpc) is 2.07. The first-order valence-corrected chi connectivity index (χ1v) is 5.74. The normalized spacial score (nSPS) is 11.3. The Morgan fingerprint density at radius 3 is 2.36 bits per heavy atom. The molecule has 14 heavy (non-hydrogen) atoms. The number of aldehydes is 1. The molecular formula is C9H10O4S.